The Balaban J connectivity index is 2.87. The number of halogens is 1. The van der Waals surface area contributed by atoms with Crippen molar-refractivity contribution in [3.05, 3.63) is 33.9 Å². The van der Waals surface area contributed by atoms with E-state index in [1.165, 1.54) is 6.07 Å². The molecule has 0 aromatic heterocycles. The first-order valence-electron chi connectivity index (χ1n) is 4.72. The molecule has 0 amide bonds. The van der Waals surface area contributed by atoms with E-state index in [1.54, 1.807) is 12.1 Å². The number of benzene rings is 1. The van der Waals surface area contributed by atoms with Gasteiger partial charge in [0.15, 0.2) is 12.5 Å². The highest BCUT2D eigenvalue weighted by Gasteiger charge is 2.15. The van der Waals surface area contributed by atoms with Crippen LogP contribution < -0.4 is 4.74 Å². The van der Waals surface area contributed by atoms with Crippen molar-refractivity contribution in [2.75, 3.05) is 13.4 Å². The van der Waals surface area contributed by atoms with Gasteiger partial charge in [0.25, 0.3) is 0 Å². The number of rotatable bonds is 6. The smallest absolute Gasteiger partial charge is 0.311 e. The zero-order valence-electron chi connectivity index (χ0n) is 8.81. The fourth-order valence-corrected chi connectivity index (χ4v) is 1.45. The third kappa shape index (κ3) is 3.46. The lowest BCUT2D eigenvalue weighted by Crippen LogP contribution is -2.04. The fourth-order valence-electron chi connectivity index (χ4n) is 1.10. The van der Waals surface area contributed by atoms with Crippen molar-refractivity contribution in [3.63, 3.8) is 0 Å². The Morgan fingerprint density at radius 2 is 2.25 bits per heavy atom. The number of nitro benzene ring substituents is 1. The fraction of sp³-hybridized carbons (Fsp3) is 0.400. The second-order valence-corrected chi connectivity index (χ2v) is 3.51. The quantitative estimate of drug-likeness (QED) is 0.266. The second-order valence-electron chi connectivity index (χ2n) is 2.95. The molecule has 0 saturated heterocycles. The van der Waals surface area contributed by atoms with Gasteiger partial charge in [0, 0.05) is 18.0 Å². The van der Waals surface area contributed by atoms with E-state index in [2.05, 4.69) is 15.9 Å². The summed E-state index contributed by atoms with van der Waals surface area (Å²) in [5.41, 5.74) is 0.863. The van der Waals surface area contributed by atoms with E-state index in [0.717, 1.165) is 5.56 Å². The van der Waals surface area contributed by atoms with Crippen molar-refractivity contribution in [3.8, 4) is 5.75 Å². The van der Waals surface area contributed by atoms with Crippen LogP contribution in [0.15, 0.2) is 18.2 Å². The van der Waals surface area contributed by atoms with Gasteiger partial charge in [-0.15, -0.1) is 0 Å². The highest BCUT2D eigenvalue weighted by molar-refractivity contribution is 9.08. The molecule has 1 aromatic rings. The van der Waals surface area contributed by atoms with Gasteiger partial charge >= 0.3 is 5.69 Å². The van der Waals surface area contributed by atoms with Crippen LogP contribution in [0.4, 0.5) is 5.69 Å². The van der Waals surface area contributed by atoms with Crippen molar-refractivity contribution >= 4 is 21.6 Å². The van der Waals surface area contributed by atoms with Crippen molar-refractivity contribution in [2.45, 2.75) is 12.3 Å². The first-order chi connectivity index (χ1) is 7.69. The van der Waals surface area contributed by atoms with Gasteiger partial charge in [-0.1, -0.05) is 22.0 Å². The van der Waals surface area contributed by atoms with Crippen molar-refractivity contribution in [1.82, 2.24) is 0 Å². The minimum atomic E-state index is -0.473. The molecule has 0 aliphatic heterocycles. The molecule has 88 valence electrons. The van der Waals surface area contributed by atoms with Crippen LogP contribution in [0.3, 0.4) is 0 Å². The first-order valence-corrected chi connectivity index (χ1v) is 5.85. The molecule has 16 heavy (non-hydrogen) atoms. The Bertz CT molecular complexity index is 370. The molecule has 0 radical (unpaired) electrons. The standard InChI is InChI=1S/C10H12BrNO4/c1-2-15-7-16-10-5-8(6-11)3-4-9(10)12(13)14/h3-5H,2,6-7H2,1H3. The minimum Gasteiger partial charge on any atom is -0.460 e. The van der Waals surface area contributed by atoms with Crippen LogP contribution in [0.5, 0.6) is 5.75 Å². The van der Waals surface area contributed by atoms with Crippen molar-refractivity contribution < 1.29 is 14.4 Å². The van der Waals surface area contributed by atoms with E-state index in [9.17, 15) is 10.1 Å². The lowest BCUT2D eigenvalue weighted by Gasteiger charge is -2.07. The summed E-state index contributed by atoms with van der Waals surface area (Å²) in [6.07, 6.45) is 0. The Labute approximate surface area is 102 Å². The Morgan fingerprint density at radius 3 is 2.81 bits per heavy atom. The number of hydrogen-bond donors (Lipinski definition) is 0. The molecule has 6 heteroatoms. The summed E-state index contributed by atoms with van der Waals surface area (Å²) in [5, 5.41) is 11.3. The summed E-state index contributed by atoms with van der Waals surface area (Å²) in [6, 6.07) is 4.74. The van der Waals surface area contributed by atoms with Crippen molar-refractivity contribution in [2.24, 2.45) is 0 Å². The molecule has 0 aliphatic carbocycles. The Morgan fingerprint density at radius 1 is 1.50 bits per heavy atom. The van der Waals surface area contributed by atoms with Crippen LogP contribution in [-0.4, -0.2) is 18.3 Å². The Kier molecular flexibility index (Phi) is 5.21. The third-order valence-electron chi connectivity index (χ3n) is 1.88. The maximum Gasteiger partial charge on any atom is 0.311 e. The van der Waals surface area contributed by atoms with Crippen LogP contribution in [0.1, 0.15) is 12.5 Å². The summed E-state index contributed by atoms with van der Waals surface area (Å²) < 4.78 is 10.2. The molecule has 0 aliphatic rings. The maximum absolute atomic E-state index is 10.7. The lowest BCUT2D eigenvalue weighted by molar-refractivity contribution is -0.386. The summed E-state index contributed by atoms with van der Waals surface area (Å²) in [6.45, 7) is 2.35. The van der Waals surface area contributed by atoms with Crippen LogP contribution in [0.25, 0.3) is 0 Å². The van der Waals surface area contributed by atoms with Gasteiger partial charge in [-0.3, -0.25) is 10.1 Å². The normalized spacial score (nSPS) is 10.1. The first kappa shape index (κ1) is 12.9. The van der Waals surface area contributed by atoms with E-state index >= 15 is 0 Å². The summed E-state index contributed by atoms with van der Waals surface area (Å²) in [5.74, 6) is 0.232. The van der Waals surface area contributed by atoms with Gasteiger partial charge in [-0.2, -0.15) is 0 Å². The molecular formula is C10H12BrNO4. The van der Waals surface area contributed by atoms with Gasteiger partial charge in [-0.05, 0) is 18.6 Å². The predicted molar refractivity (Wildman–Crippen MR) is 62.8 cm³/mol. The average Bonchev–Trinajstić information content (AvgIpc) is 2.29. The number of alkyl halides is 1. The summed E-state index contributed by atoms with van der Waals surface area (Å²) in [7, 11) is 0. The number of hydrogen-bond acceptors (Lipinski definition) is 4. The zero-order valence-corrected chi connectivity index (χ0v) is 10.4. The topological polar surface area (TPSA) is 61.6 Å². The third-order valence-corrected chi connectivity index (χ3v) is 2.52. The highest BCUT2D eigenvalue weighted by Crippen LogP contribution is 2.28. The van der Waals surface area contributed by atoms with Gasteiger partial charge in [0.1, 0.15) is 0 Å². The van der Waals surface area contributed by atoms with E-state index < -0.39 is 4.92 Å². The summed E-state index contributed by atoms with van der Waals surface area (Å²) >= 11 is 3.28. The van der Waals surface area contributed by atoms with E-state index in [-0.39, 0.29) is 18.2 Å². The molecule has 0 N–H and O–H groups in total. The predicted octanol–water partition coefficient (Wildman–Crippen LogP) is 2.86. The molecule has 1 rings (SSSR count). The number of nitrogens with zero attached hydrogens (tertiary/aromatic N) is 1. The van der Waals surface area contributed by atoms with E-state index in [4.69, 9.17) is 9.47 Å². The largest absolute Gasteiger partial charge is 0.460 e. The van der Waals surface area contributed by atoms with Gasteiger partial charge in [0.2, 0.25) is 0 Å². The molecule has 0 fully saturated rings. The van der Waals surface area contributed by atoms with E-state index in [1.807, 2.05) is 6.92 Å². The average molecular weight is 290 g/mol. The SMILES string of the molecule is CCOCOc1cc(CBr)ccc1[N+](=O)[O-]. The van der Waals surface area contributed by atoms with E-state index in [0.29, 0.717) is 11.9 Å². The van der Waals surface area contributed by atoms with Crippen molar-refractivity contribution in [1.29, 1.82) is 0 Å². The maximum atomic E-state index is 10.7. The number of nitro groups is 1. The summed E-state index contributed by atoms with van der Waals surface area (Å²) in [4.78, 5) is 10.3. The number of ether oxygens (including phenoxy) is 2. The molecule has 5 nitrogen and oxygen atoms in total. The molecule has 1 aromatic carbocycles. The minimum absolute atomic E-state index is 0.0169. The molecule has 0 spiro atoms. The second kappa shape index (κ2) is 6.44. The molecule has 0 heterocycles. The van der Waals surface area contributed by atoms with Gasteiger partial charge in [-0.25, -0.2) is 0 Å². The van der Waals surface area contributed by atoms with Gasteiger partial charge < -0.3 is 9.47 Å². The monoisotopic (exact) mass is 289 g/mol. The molecule has 0 bridgehead atoms. The van der Waals surface area contributed by atoms with Crippen LogP contribution in [0, 0.1) is 10.1 Å². The van der Waals surface area contributed by atoms with Crippen LogP contribution >= 0.6 is 15.9 Å². The molecular weight excluding hydrogens is 278 g/mol. The zero-order chi connectivity index (χ0) is 12.0. The molecule has 0 unspecified atom stereocenters. The lowest BCUT2D eigenvalue weighted by atomic mass is 10.2. The molecule has 0 atom stereocenters. The Hall–Kier alpha value is -1.14. The highest BCUT2D eigenvalue weighted by atomic mass is 79.9. The molecule has 0 saturated carbocycles. The van der Waals surface area contributed by atoms with Crippen LogP contribution in [-0.2, 0) is 10.1 Å². The van der Waals surface area contributed by atoms with Gasteiger partial charge in [0.05, 0.1) is 4.92 Å². The van der Waals surface area contributed by atoms with Crippen LogP contribution in [0.2, 0.25) is 0 Å².